The van der Waals surface area contributed by atoms with E-state index in [0.717, 1.165) is 27.3 Å². The van der Waals surface area contributed by atoms with Crippen LogP contribution in [0.3, 0.4) is 0 Å². The van der Waals surface area contributed by atoms with Crippen molar-refractivity contribution in [1.29, 1.82) is 0 Å². The summed E-state index contributed by atoms with van der Waals surface area (Å²) in [7, 11) is 0. The van der Waals surface area contributed by atoms with Crippen LogP contribution in [0.4, 0.5) is 10.1 Å². The average Bonchev–Trinajstić information content (AvgIpc) is 2.84. The number of anilines is 1. The summed E-state index contributed by atoms with van der Waals surface area (Å²) in [5.41, 5.74) is 4.28. The molecule has 102 valence electrons. The van der Waals surface area contributed by atoms with Gasteiger partial charge in [0.1, 0.15) is 6.67 Å². The Kier molecular flexibility index (Phi) is 3.65. The first-order chi connectivity index (χ1) is 9.76. The number of thiazole rings is 1. The standard InChI is InChI=1S/C16H15FN2S/c1-11-19-15-10-13(4-7-16(15)20-11)12-2-5-14(6-3-12)18-9-8-17/h2-7,10,18H,8-9H2,1H3. The van der Waals surface area contributed by atoms with Crippen LogP contribution in [0, 0.1) is 6.92 Å². The molecule has 0 amide bonds. The number of benzene rings is 2. The molecule has 0 aliphatic rings. The van der Waals surface area contributed by atoms with Gasteiger partial charge in [0.15, 0.2) is 0 Å². The summed E-state index contributed by atoms with van der Waals surface area (Å²) in [5, 5.41) is 4.11. The predicted octanol–water partition coefficient (Wildman–Crippen LogP) is 4.65. The number of nitrogens with zero attached hydrogens (tertiary/aromatic N) is 1. The van der Waals surface area contributed by atoms with Crippen molar-refractivity contribution in [3.05, 3.63) is 47.5 Å². The van der Waals surface area contributed by atoms with E-state index in [2.05, 4.69) is 28.5 Å². The largest absolute Gasteiger partial charge is 0.382 e. The second kappa shape index (κ2) is 5.59. The maximum Gasteiger partial charge on any atom is 0.107 e. The van der Waals surface area contributed by atoms with Gasteiger partial charge in [-0.2, -0.15) is 0 Å². The van der Waals surface area contributed by atoms with Gasteiger partial charge in [-0.15, -0.1) is 11.3 Å². The summed E-state index contributed by atoms with van der Waals surface area (Å²) in [6.07, 6.45) is 0. The van der Waals surface area contributed by atoms with Gasteiger partial charge in [-0.1, -0.05) is 18.2 Å². The number of hydrogen-bond acceptors (Lipinski definition) is 3. The molecule has 0 bridgehead atoms. The number of rotatable bonds is 4. The van der Waals surface area contributed by atoms with E-state index in [-0.39, 0.29) is 6.67 Å². The van der Waals surface area contributed by atoms with Crippen LogP contribution < -0.4 is 5.32 Å². The molecule has 0 saturated heterocycles. The minimum absolute atomic E-state index is 0.351. The molecule has 3 aromatic rings. The summed E-state index contributed by atoms with van der Waals surface area (Å²) in [6, 6.07) is 14.4. The Morgan fingerprint density at radius 3 is 2.60 bits per heavy atom. The molecule has 2 nitrogen and oxygen atoms in total. The molecule has 2 aromatic carbocycles. The fraction of sp³-hybridized carbons (Fsp3) is 0.188. The third-order valence-electron chi connectivity index (χ3n) is 3.14. The summed E-state index contributed by atoms with van der Waals surface area (Å²) in [4.78, 5) is 4.52. The summed E-state index contributed by atoms with van der Waals surface area (Å²) >= 11 is 1.71. The molecular weight excluding hydrogens is 271 g/mol. The van der Waals surface area contributed by atoms with Crippen molar-refractivity contribution in [2.24, 2.45) is 0 Å². The van der Waals surface area contributed by atoms with E-state index in [0.29, 0.717) is 6.54 Å². The quantitative estimate of drug-likeness (QED) is 0.755. The summed E-state index contributed by atoms with van der Waals surface area (Å²) in [6.45, 7) is 2.01. The van der Waals surface area contributed by atoms with E-state index < -0.39 is 0 Å². The second-order valence-electron chi connectivity index (χ2n) is 4.61. The first kappa shape index (κ1) is 13.1. The van der Waals surface area contributed by atoms with Crippen LogP contribution in [0.5, 0.6) is 0 Å². The van der Waals surface area contributed by atoms with Gasteiger partial charge in [-0.25, -0.2) is 9.37 Å². The van der Waals surface area contributed by atoms with Crippen LogP contribution >= 0.6 is 11.3 Å². The van der Waals surface area contributed by atoms with Gasteiger partial charge in [-0.3, -0.25) is 0 Å². The molecule has 0 atom stereocenters. The van der Waals surface area contributed by atoms with Crippen molar-refractivity contribution in [2.75, 3.05) is 18.5 Å². The van der Waals surface area contributed by atoms with E-state index in [1.165, 1.54) is 4.70 Å². The van der Waals surface area contributed by atoms with Gasteiger partial charge in [0.05, 0.1) is 15.2 Å². The zero-order chi connectivity index (χ0) is 13.9. The highest BCUT2D eigenvalue weighted by molar-refractivity contribution is 7.18. The van der Waals surface area contributed by atoms with Crippen molar-refractivity contribution in [2.45, 2.75) is 6.92 Å². The number of aryl methyl sites for hydroxylation is 1. The third kappa shape index (κ3) is 2.65. The number of alkyl halides is 1. The highest BCUT2D eigenvalue weighted by Crippen LogP contribution is 2.28. The molecule has 1 heterocycles. The number of fused-ring (bicyclic) bond motifs is 1. The van der Waals surface area contributed by atoms with Crippen molar-refractivity contribution in [1.82, 2.24) is 4.98 Å². The maximum atomic E-state index is 12.1. The van der Waals surface area contributed by atoms with Crippen LogP contribution in [0.25, 0.3) is 21.3 Å². The molecule has 0 aliphatic heterocycles. The molecule has 0 radical (unpaired) electrons. The van der Waals surface area contributed by atoms with Gasteiger partial charge < -0.3 is 5.32 Å². The zero-order valence-corrected chi connectivity index (χ0v) is 12.0. The smallest absolute Gasteiger partial charge is 0.107 e. The molecule has 1 N–H and O–H groups in total. The van der Waals surface area contributed by atoms with Crippen molar-refractivity contribution >= 4 is 27.2 Å². The van der Waals surface area contributed by atoms with Gasteiger partial charge in [-0.05, 0) is 42.3 Å². The molecule has 0 spiro atoms. The topological polar surface area (TPSA) is 24.9 Å². The monoisotopic (exact) mass is 286 g/mol. The molecule has 0 unspecified atom stereocenters. The normalized spacial score (nSPS) is 10.9. The number of nitrogens with one attached hydrogen (secondary N) is 1. The third-order valence-corrected chi connectivity index (χ3v) is 4.09. The fourth-order valence-corrected chi connectivity index (χ4v) is 3.00. The Morgan fingerprint density at radius 1 is 1.10 bits per heavy atom. The molecule has 1 aromatic heterocycles. The van der Waals surface area contributed by atoms with E-state index >= 15 is 0 Å². The van der Waals surface area contributed by atoms with Gasteiger partial charge >= 0.3 is 0 Å². The summed E-state index contributed by atoms with van der Waals surface area (Å²) in [5.74, 6) is 0. The van der Waals surface area contributed by atoms with Gasteiger partial charge in [0.2, 0.25) is 0 Å². The minimum atomic E-state index is -0.360. The first-order valence-corrected chi connectivity index (χ1v) is 7.35. The van der Waals surface area contributed by atoms with Crippen LogP contribution in [0.1, 0.15) is 5.01 Å². The number of halogens is 1. The Bertz CT molecular complexity index is 719. The summed E-state index contributed by atoms with van der Waals surface area (Å²) < 4.78 is 13.3. The molecule has 3 rings (SSSR count). The SMILES string of the molecule is Cc1nc2cc(-c3ccc(NCCF)cc3)ccc2s1. The Morgan fingerprint density at radius 2 is 1.85 bits per heavy atom. The Hall–Kier alpha value is -1.94. The van der Waals surface area contributed by atoms with E-state index in [1.807, 2.05) is 31.2 Å². The van der Waals surface area contributed by atoms with Crippen LogP contribution in [-0.4, -0.2) is 18.2 Å². The molecule has 0 saturated carbocycles. The van der Waals surface area contributed by atoms with Crippen molar-refractivity contribution < 1.29 is 4.39 Å². The highest BCUT2D eigenvalue weighted by atomic mass is 32.1. The number of aromatic nitrogens is 1. The van der Waals surface area contributed by atoms with E-state index in [1.54, 1.807) is 11.3 Å². The lowest BCUT2D eigenvalue weighted by molar-refractivity contribution is 0.513. The second-order valence-corrected chi connectivity index (χ2v) is 5.84. The van der Waals surface area contributed by atoms with Crippen LogP contribution in [0.2, 0.25) is 0 Å². The lowest BCUT2D eigenvalue weighted by Crippen LogP contribution is -2.02. The van der Waals surface area contributed by atoms with E-state index in [9.17, 15) is 4.39 Å². The number of hydrogen-bond donors (Lipinski definition) is 1. The van der Waals surface area contributed by atoms with Crippen molar-refractivity contribution in [3.8, 4) is 11.1 Å². The molecule has 0 aliphatic carbocycles. The molecule has 20 heavy (non-hydrogen) atoms. The van der Waals surface area contributed by atoms with Crippen LogP contribution in [-0.2, 0) is 0 Å². The van der Waals surface area contributed by atoms with Crippen LogP contribution in [0.15, 0.2) is 42.5 Å². The molecule has 4 heteroatoms. The lowest BCUT2D eigenvalue weighted by Gasteiger charge is -2.06. The minimum Gasteiger partial charge on any atom is -0.382 e. The van der Waals surface area contributed by atoms with Gasteiger partial charge in [0.25, 0.3) is 0 Å². The zero-order valence-electron chi connectivity index (χ0n) is 11.2. The van der Waals surface area contributed by atoms with Crippen molar-refractivity contribution in [3.63, 3.8) is 0 Å². The lowest BCUT2D eigenvalue weighted by atomic mass is 10.1. The molecule has 0 fully saturated rings. The molecular formula is C16H15FN2S. The highest BCUT2D eigenvalue weighted by Gasteiger charge is 2.03. The predicted molar refractivity (Wildman–Crippen MR) is 84.3 cm³/mol. The average molecular weight is 286 g/mol. The van der Waals surface area contributed by atoms with Gasteiger partial charge in [0, 0.05) is 12.2 Å². The maximum absolute atomic E-state index is 12.1. The fourth-order valence-electron chi connectivity index (χ4n) is 2.19. The Labute approximate surface area is 121 Å². The first-order valence-electron chi connectivity index (χ1n) is 6.54. The Balaban J connectivity index is 1.89. The van der Waals surface area contributed by atoms with E-state index in [4.69, 9.17) is 0 Å².